The van der Waals surface area contributed by atoms with Crippen molar-refractivity contribution in [3.63, 3.8) is 0 Å². The predicted octanol–water partition coefficient (Wildman–Crippen LogP) is 3.60. The number of carbonyl (C=O) groups is 1. The summed E-state index contributed by atoms with van der Waals surface area (Å²) in [6, 6.07) is 0.483. The highest BCUT2D eigenvalue weighted by molar-refractivity contribution is 5.79. The van der Waals surface area contributed by atoms with E-state index in [1.807, 2.05) is 0 Å². The van der Waals surface area contributed by atoms with Crippen molar-refractivity contribution >= 4 is 5.91 Å². The fourth-order valence-corrected chi connectivity index (χ4v) is 3.57. The second-order valence-electron chi connectivity index (χ2n) is 6.16. The molecular formula is C15H27NO. The number of nitrogens with zero attached hydrogens (tertiary/aromatic N) is 1. The average Bonchev–Trinajstić information content (AvgIpc) is 2.76. The normalized spacial score (nSPS) is 28.4. The molecule has 2 nitrogen and oxygen atoms in total. The molecule has 2 atom stereocenters. The van der Waals surface area contributed by atoms with Crippen molar-refractivity contribution in [3.05, 3.63) is 0 Å². The minimum atomic E-state index is 0.249. The van der Waals surface area contributed by atoms with Gasteiger partial charge < -0.3 is 4.90 Å². The molecule has 1 saturated carbocycles. The van der Waals surface area contributed by atoms with E-state index < -0.39 is 0 Å². The van der Waals surface area contributed by atoms with E-state index in [1.165, 1.54) is 44.9 Å². The summed E-state index contributed by atoms with van der Waals surface area (Å²) in [4.78, 5) is 14.5. The quantitative estimate of drug-likeness (QED) is 0.734. The molecule has 2 fully saturated rings. The Morgan fingerprint density at radius 1 is 1.18 bits per heavy atom. The van der Waals surface area contributed by atoms with Gasteiger partial charge in [-0.25, -0.2) is 0 Å². The van der Waals surface area contributed by atoms with E-state index in [-0.39, 0.29) is 5.92 Å². The first kappa shape index (κ1) is 12.9. The monoisotopic (exact) mass is 237 g/mol. The smallest absolute Gasteiger partial charge is 0.225 e. The molecule has 1 aliphatic carbocycles. The van der Waals surface area contributed by atoms with E-state index in [9.17, 15) is 4.79 Å². The fourth-order valence-electron chi connectivity index (χ4n) is 3.57. The molecule has 0 unspecified atom stereocenters. The van der Waals surface area contributed by atoms with Crippen molar-refractivity contribution in [1.29, 1.82) is 0 Å². The zero-order chi connectivity index (χ0) is 12.3. The van der Waals surface area contributed by atoms with Gasteiger partial charge in [0.25, 0.3) is 0 Å². The van der Waals surface area contributed by atoms with E-state index >= 15 is 0 Å². The first-order valence-corrected chi connectivity index (χ1v) is 7.49. The van der Waals surface area contributed by atoms with Gasteiger partial charge in [-0.1, -0.05) is 39.0 Å². The van der Waals surface area contributed by atoms with Crippen LogP contribution in [0, 0.1) is 11.8 Å². The van der Waals surface area contributed by atoms with Crippen LogP contribution < -0.4 is 0 Å². The van der Waals surface area contributed by atoms with Crippen LogP contribution in [0.5, 0.6) is 0 Å². The zero-order valence-electron chi connectivity index (χ0n) is 11.5. The molecule has 17 heavy (non-hydrogen) atoms. The van der Waals surface area contributed by atoms with Crippen molar-refractivity contribution in [1.82, 2.24) is 4.90 Å². The van der Waals surface area contributed by atoms with Crippen LogP contribution in [0.25, 0.3) is 0 Å². The van der Waals surface area contributed by atoms with Crippen molar-refractivity contribution in [2.24, 2.45) is 11.8 Å². The fraction of sp³-hybridized carbons (Fsp3) is 0.933. The summed E-state index contributed by atoms with van der Waals surface area (Å²) in [7, 11) is 0. The van der Waals surface area contributed by atoms with Crippen LogP contribution in [0.15, 0.2) is 0 Å². The largest absolute Gasteiger partial charge is 0.340 e. The van der Waals surface area contributed by atoms with E-state index in [4.69, 9.17) is 0 Å². The summed E-state index contributed by atoms with van der Waals surface area (Å²) in [5.74, 6) is 1.49. The Hall–Kier alpha value is -0.530. The first-order valence-electron chi connectivity index (χ1n) is 7.49. The van der Waals surface area contributed by atoms with Gasteiger partial charge in [-0.05, 0) is 32.1 Å². The molecule has 1 saturated heterocycles. The SMILES string of the molecule is C[C@@H]1CCCN1C(=O)[C@@H](C)CC1CCCCC1. The molecule has 0 aromatic carbocycles. The van der Waals surface area contributed by atoms with Gasteiger partial charge in [0, 0.05) is 18.5 Å². The molecular weight excluding hydrogens is 210 g/mol. The third-order valence-corrected chi connectivity index (χ3v) is 4.67. The molecule has 2 rings (SSSR count). The molecule has 0 aromatic heterocycles. The first-order chi connectivity index (χ1) is 8.18. The molecule has 98 valence electrons. The van der Waals surface area contributed by atoms with Gasteiger partial charge in [-0.2, -0.15) is 0 Å². The van der Waals surface area contributed by atoms with Crippen LogP contribution in [0.2, 0.25) is 0 Å². The lowest BCUT2D eigenvalue weighted by Crippen LogP contribution is -2.38. The predicted molar refractivity (Wildman–Crippen MR) is 70.8 cm³/mol. The third kappa shape index (κ3) is 3.23. The molecule has 0 bridgehead atoms. The molecule has 1 heterocycles. The van der Waals surface area contributed by atoms with Crippen molar-refractivity contribution in [3.8, 4) is 0 Å². The minimum absolute atomic E-state index is 0.249. The highest BCUT2D eigenvalue weighted by Crippen LogP contribution is 2.30. The van der Waals surface area contributed by atoms with Gasteiger partial charge >= 0.3 is 0 Å². The summed E-state index contributed by atoms with van der Waals surface area (Å²) in [5, 5.41) is 0. The van der Waals surface area contributed by atoms with Gasteiger partial charge in [-0.3, -0.25) is 4.79 Å². The number of carbonyl (C=O) groups excluding carboxylic acids is 1. The lowest BCUT2D eigenvalue weighted by atomic mass is 9.83. The summed E-state index contributed by atoms with van der Waals surface area (Å²) in [6.45, 7) is 5.33. The number of likely N-dealkylation sites (tertiary alicyclic amines) is 1. The Labute approximate surface area is 106 Å². The van der Waals surface area contributed by atoms with Gasteiger partial charge in [-0.15, -0.1) is 0 Å². The topological polar surface area (TPSA) is 20.3 Å². The maximum Gasteiger partial charge on any atom is 0.225 e. The summed E-state index contributed by atoms with van der Waals surface area (Å²) in [5.41, 5.74) is 0. The highest BCUT2D eigenvalue weighted by atomic mass is 16.2. The van der Waals surface area contributed by atoms with Crippen LogP contribution >= 0.6 is 0 Å². The third-order valence-electron chi connectivity index (χ3n) is 4.67. The molecule has 2 heteroatoms. The number of hydrogen-bond donors (Lipinski definition) is 0. The maximum atomic E-state index is 12.4. The van der Waals surface area contributed by atoms with Gasteiger partial charge in [0.1, 0.15) is 0 Å². The van der Waals surface area contributed by atoms with Crippen LogP contribution in [-0.2, 0) is 4.79 Å². The Morgan fingerprint density at radius 2 is 1.88 bits per heavy atom. The Balaban J connectivity index is 1.81. The van der Waals surface area contributed by atoms with Gasteiger partial charge in [0.15, 0.2) is 0 Å². The molecule has 1 amide bonds. The standard InChI is InChI=1S/C15H27NO/c1-12(11-14-8-4-3-5-9-14)15(17)16-10-6-7-13(16)2/h12-14H,3-11H2,1-2H3/t12-,13+/m0/s1. The molecule has 0 aromatic rings. The number of rotatable bonds is 3. The zero-order valence-corrected chi connectivity index (χ0v) is 11.5. The average molecular weight is 237 g/mol. The maximum absolute atomic E-state index is 12.4. The van der Waals surface area contributed by atoms with Crippen molar-refractivity contribution < 1.29 is 4.79 Å². The van der Waals surface area contributed by atoms with E-state index in [0.29, 0.717) is 11.9 Å². The van der Waals surface area contributed by atoms with Crippen molar-refractivity contribution in [2.45, 2.75) is 71.3 Å². The van der Waals surface area contributed by atoms with E-state index in [0.717, 1.165) is 18.9 Å². The van der Waals surface area contributed by atoms with Crippen LogP contribution in [0.1, 0.15) is 65.2 Å². The molecule has 1 aliphatic heterocycles. The van der Waals surface area contributed by atoms with Gasteiger partial charge in [0.2, 0.25) is 5.91 Å². The molecule has 2 aliphatic rings. The Kier molecular flexibility index (Phi) is 4.47. The lowest BCUT2D eigenvalue weighted by Gasteiger charge is -2.28. The Bertz CT molecular complexity index is 258. The van der Waals surface area contributed by atoms with E-state index in [1.54, 1.807) is 0 Å². The van der Waals surface area contributed by atoms with Crippen LogP contribution in [0.3, 0.4) is 0 Å². The summed E-state index contributed by atoms with van der Waals surface area (Å²) >= 11 is 0. The highest BCUT2D eigenvalue weighted by Gasteiger charge is 2.29. The summed E-state index contributed by atoms with van der Waals surface area (Å²) in [6.07, 6.45) is 10.4. The molecule has 0 radical (unpaired) electrons. The number of hydrogen-bond acceptors (Lipinski definition) is 1. The van der Waals surface area contributed by atoms with Gasteiger partial charge in [0.05, 0.1) is 0 Å². The summed E-state index contributed by atoms with van der Waals surface area (Å²) < 4.78 is 0. The Morgan fingerprint density at radius 3 is 2.47 bits per heavy atom. The number of amides is 1. The molecule has 0 spiro atoms. The second-order valence-corrected chi connectivity index (χ2v) is 6.16. The van der Waals surface area contributed by atoms with Crippen molar-refractivity contribution in [2.75, 3.05) is 6.54 Å². The minimum Gasteiger partial charge on any atom is -0.340 e. The lowest BCUT2D eigenvalue weighted by molar-refractivity contribution is -0.136. The molecule has 0 N–H and O–H groups in total. The second kappa shape index (κ2) is 5.88. The van der Waals surface area contributed by atoms with Crippen LogP contribution in [-0.4, -0.2) is 23.4 Å². The van der Waals surface area contributed by atoms with Crippen LogP contribution in [0.4, 0.5) is 0 Å². The van der Waals surface area contributed by atoms with E-state index in [2.05, 4.69) is 18.7 Å².